The van der Waals surface area contributed by atoms with E-state index < -0.39 is 17.6 Å². The van der Waals surface area contributed by atoms with Crippen LogP contribution in [0.1, 0.15) is 45.2 Å². The molecule has 1 fully saturated rings. The highest BCUT2D eigenvalue weighted by molar-refractivity contribution is 6.04. The molecule has 2 N–H and O–H groups in total. The Morgan fingerprint density at radius 1 is 1.02 bits per heavy atom. The van der Waals surface area contributed by atoms with Crippen LogP contribution >= 0.6 is 0 Å². The van der Waals surface area contributed by atoms with Crippen molar-refractivity contribution in [1.82, 2.24) is 19.8 Å². The van der Waals surface area contributed by atoms with Crippen LogP contribution in [0, 0.1) is 11.8 Å². The summed E-state index contributed by atoms with van der Waals surface area (Å²) in [5, 5.41) is 5.29. The summed E-state index contributed by atoms with van der Waals surface area (Å²) >= 11 is 0. The van der Waals surface area contributed by atoms with E-state index in [1.54, 1.807) is 18.3 Å². The van der Waals surface area contributed by atoms with Crippen molar-refractivity contribution < 1.29 is 22.8 Å². The zero-order valence-corrected chi connectivity index (χ0v) is 21.8. The third-order valence-electron chi connectivity index (χ3n) is 6.91. The number of benzene rings is 1. The minimum absolute atomic E-state index is 0.114. The summed E-state index contributed by atoms with van der Waals surface area (Å²) in [7, 11) is 0. The largest absolute Gasteiger partial charge is 0.416 e. The molecule has 8 nitrogen and oxygen atoms in total. The molecule has 4 heterocycles. The Hall–Kier alpha value is -4.27. The lowest BCUT2D eigenvalue weighted by Crippen LogP contribution is -2.45. The van der Waals surface area contributed by atoms with E-state index in [4.69, 9.17) is 0 Å². The van der Waals surface area contributed by atoms with E-state index in [-0.39, 0.29) is 35.8 Å². The molecule has 11 heteroatoms. The fourth-order valence-electron chi connectivity index (χ4n) is 4.69. The standard InChI is InChI=1S/C29H27F3N6O2/c1-2-37-9-11-38(12-10-37)18-22-6-5-21(15-23(22)29(30,31)32)28(40)36-26-14-19(7-8-33-26)3-4-20-13-25-24(34-17-20)16-27(39)35-25/h5-8,13-15,17H,2,9-12,16,18H2,1H3,(H,35,39)(H,33,36,40). The first-order valence-electron chi connectivity index (χ1n) is 12.9. The van der Waals surface area contributed by atoms with Gasteiger partial charge in [0.2, 0.25) is 5.91 Å². The van der Waals surface area contributed by atoms with E-state index in [1.165, 1.54) is 24.4 Å². The van der Waals surface area contributed by atoms with Gasteiger partial charge in [0.15, 0.2) is 0 Å². The third-order valence-corrected chi connectivity index (χ3v) is 6.91. The van der Waals surface area contributed by atoms with Crippen molar-refractivity contribution in [2.75, 3.05) is 43.4 Å². The molecule has 0 saturated carbocycles. The number of pyridine rings is 2. The number of halogens is 3. The first-order chi connectivity index (χ1) is 19.2. The summed E-state index contributed by atoms with van der Waals surface area (Å²) in [6.07, 6.45) is -1.34. The number of hydrogen-bond acceptors (Lipinski definition) is 6. The second-order valence-corrected chi connectivity index (χ2v) is 9.66. The van der Waals surface area contributed by atoms with Crippen molar-refractivity contribution >= 4 is 23.3 Å². The number of nitrogens with zero attached hydrogens (tertiary/aromatic N) is 4. The molecule has 2 aliphatic rings. The fourth-order valence-corrected chi connectivity index (χ4v) is 4.69. The molecule has 1 saturated heterocycles. The molecule has 0 aliphatic carbocycles. The number of alkyl halides is 3. The number of carbonyl (C=O) groups excluding carboxylic acids is 2. The van der Waals surface area contributed by atoms with Crippen molar-refractivity contribution in [2.24, 2.45) is 0 Å². The van der Waals surface area contributed by atoms with Crippen LogP contribution in [0.25, 0.3) is 0 Å². The van der Waals surface area contributed by atoms with Gasteiger partial charge in [-0.15, -0.1) is 0 Å². The van der Waals surface area contributed by atoms with Crippen LogP contribution in [0.2, 0.25) is 0 Å². The predicted octanol–water partition coefficient (Wildman–Crippen LogP) is 3.78. The number of rotatable bonds is 5. The molecule has 2 amide bonds. The van der Waals surface area contributed by atoms with E-state index in [9.17, 15) is 22.8 Å². The van der Waals surface area contributed by atoms with E-state index in [0.29, 0.717) is 35.6 Å². The van der Waals surface area contributed by atoms with Crippen molar-refractivity contribution in [1.29, 1.82) is 0 Å². The molecule has 40 heavy (non-hydrogen) atoms. The van der Waals surface area contributed by atoms with Gasteiger partial charge in [0.1, 0.15) is 5.82 Å². The molecule has 0 bridgehead atoms. The van der Waals surface area contributed by atoms with Gasteiger partial charge in [-0.3, -0.25) is 19.5 Å². The Labute approximate surface area is 229 Å². The summed E-state index contributed by atoms with van der Waals surface area (Å²) in [6.45, 7) is 6.17. The van der Waals surface area contributed by atoms with Gasteiger partial charge in [0.25, 0.3) is 5.91 Å². The van der Waals surface area contributed by atoms with Crippen LogP contribution in [-0.2, 0) is 23.9 Å². The van der Waals surface area contributed by atoms with Crippen LogP contribution in [0.5, 0.6) is 0 Å². The van der Waals surface area contributed by atoms with E-state index in [2.05, 4.69) is 44.3 Å². The number of piperazine rings is 1. The van der Waals surface area contributed by atoms with Crippen molar-refractivity contribution in [3.63, 3.8) is 0 Å². The zero-order chi connectivity index (χ0) is 28.3. The Balaban J connectivity index is 1.29. The molecular formula is C29H27F3N6O2. The number of anilines is 2. The van der Waals surface area contributed by atoms with Gasteiger partial charge in [0, 0.05) is 61.8 Å². The lowest BCUT2D eigenvalue weighted by molar-refractivity contribution is -0.138. The minimum Gasteiger partial charge on any atom is -0.324 e. The number of aromatic nitrogens is 2. The topological polar surface area (TPSA) is 90.5 Å². The van der Waals surface area contributed by atoms with Crippen LogP contribution in [0.15, 0.2) is 48.8 Å². The molecule has 3 aromatic rings. The summed E-state index contributed by atoms with van der Waals surface area (Å²) in [4.78, 5) is 37.0. The normalized spacial score (nSPS) is 15.7. The Kier molecular flexibility index (Phi) is 7.82. The minimum atomic E-state index is -4.60. The van der Waals surface area contributed by atoms with Crippen LogP contribution < -0.4 is 10.6 Å². The highest BCUT2D eigenvalue weighted by Gasteiger charge is 2.34. The van der Waals surface area contributed by atoms with Crippen LogP contribution in [0.4, 0.5) is 24.7 Å². The lowest BCUT2D eigenvalue weighted by atomic mass is 10.0. The van der Waals surface area contributed by atoms with E-state index in [0.717, 1.165) is 25.7 Å². The molecule has 2 aromatic heterocycles. The maximum Gasteiger partial charge on any atom is 0.416 e. The quantitative estimate of drug-likeness (QED) is 0.472. The third kappa shape index (κ3) is 6.47. The summed E-state index contributed by atoms with van der Waals surface area (Å²) in [5.74, 6) is 5.23. The van der Waals surface area contributed by atoms with Gasteiger partial charge in [0.05, 0.1) is 23.4 Å². The monoisotopic (exact) mass is 548 g/mol. The molecule has 5 rings (SSSR count). The molecule has 0 unspecified atom stereocenters. The van der Waals surface area contributed by atoms with E-state index in [1.807, 2.05) is 4.90 Å². The Morgan fingerprint density at radius 2 is 1.77 bits per heavy atom. The molecule has 1 aromatic carbocycles. The fraction of sp³-hybridized carbons (Fsp3) is 0.310. The maximum absolute atomic E-state index is 13.9. The second kappa shape index (κ2) is 11.5. The van der Waals surface area contributed by atoms with Crippen molar-refractivity contribution in [2.45, 2.75) is 26.1 Å². The number of carbonyl (C=O) groups is 2. The highest BCUT2D eigenvalue weighted by Crippen LogP contribution is 2.33. The van der Waals surface area contributed by atoms with Gasteiger partial charge in [-0.2, -0.15) is 13.2 Å². The van der Waals surface area contributed by atoms with Gasteiger partial charge in [-0.05, 0) is 42.4 Å². The second-order valence-electron chi connectivity index (χ2n) is 9.66. The Morgan fingerprint density at radius 3 is 2.52 bits per heavy atom. The summed E-state index contributed by atoms with van der Waals surface area (Å²) in [5.41, 5.74) is 1.63. The van der Waals surface area contributed by atoms with E-state index >= 15 is 0 Å². The summed E-state index contributed by atoms with van der Waals surface area (Å²) in [6, 6.07) is 8.59. The lowest BCUT2D eigenvalue weighted by Gasteiger charge is -2.34. The van der Waals surface area contributed by atoms with Gasteiger partial charge < -0.3 is 15.5 Å². The zero-order valence-electron chi connectivity index (χ0n) is 21.8. The Bertz CT molecular complexity index is 1500. The van der Waals surface area contributed by atoms with Crippen LogP contribution in [0.3, 0.4) is 0 Å². The highest BCUT2D eigenvalue weighted by atomic mass is 19.4. The first kappa shape index (κ1) is 27.3. The number of fused-ring (bicyclic) bond motifs is 1. The summed E-state index contributed by atoms with van der Waals surface area (Å²) < 4.78 is 41.8. The molecular weight excluding hydrogens is 521 g/mol. The van der Waals surface area contributed by atoms with Gasteiger partial charge in [-0.1, -0.05) is 24.8 Å². The number of hydrogen-bond donors (Lipinski definition) is 2. The SMILES string of the molecule is CCN1CCN(Cc2ccc(C(=O)Nc3cc(C#Cc4cnc5c(c4)NC(=O)C5)ccn3)cc2C(F)(F)F)CC1. The van der Waals surface area contributed by atoms with Crippen molar-refractivity contribution in [3.05, 3.63) is 82.3 Å². The average molecular weight is 549 g/mol. The first-order valence-corrected chi connectivity index (χ1v) is 12.9. The average Bonchev–Trinajstić information content (AvgIpc) is 3.31. The number of amides is 2. The smallest absolute Gasteiger partial charge is 0.324 e. The molecule has 206 valence electrons. The van der Waals surface area contributed by atoms with Gasteiger partial charge in [-0.25, -0.2) is 4.98 Å². The van der Waals surface area contributed by atoms with Gasteiger partial charge >= 0.3 is 6.18 Å². The van der Waals surface area contributed by atoms with Crippen molar-refractivity contribution in [3.8, 4) is 11.8 Å². The maximum atomic E-state index is 13.9. The molecule has 2 aliphatic heterocycles. The molecule has 0 radical (unpaired) electrons. The molecule has 0 atom stereocenters. The van der Waals surface area contributed by atoms with Crippen LogP contribution in [-0.4, -0.2) is 64.3 Å². The molecule has 0 spiro atoms. The number of nitrogens with one attached hydrogen (secondary N) is 2. The predicted molar refractivity (Wildman–Crippen MR) is 144 cm³/mol. The number of likely N-dealkylation sites (N-methyl/N-ethyl adjacent to an activating group) is 1.